The SMILES string of the molecule is O=C(OCc1ccc([N+](=O)[O-])cc1)OC1C(=O)N(CCCCN2CCN(c3ncccn3)CC2)C(=O)CC12CCCC2. The third kappa shape index (κ3) is 6.84. The maximum absolute atomic E-state index is 13.6. The molecule has 0 radical (unpaired) electrons. The summed E-state index contributed by atoms with van der Waals surface area (Å²) in [6.45, 7) is 4.45. The standard InChI is InChI=1S/C29H36N6O7/c36-24-20-29(10-1-2-11-29)25(42-28(38)41-21-22-6-8-23(9-7-22)35(39)40)26(37)34(24)15-4-3-14-32-16-18-33(19-17-32)27-30-12-5-13-31-27/h5-9,12-13,25H,1-4,10-11,14-21H2. The van der Waals surface area contributed by atoms with Crippen molar-refractivity contribution < 1.29 is 28.8 Å². The molecule has 42 heavy (non-hydrogen) atoms. The Balaban J connectivity index is 1.11. The average molecular weight is 581 g/mol. The summed E-state index contributed by atoms with van der Waals surface area (Å²) >= 11 is 0. The quantitative estimate of drug-likeness (QED) is 0.134. The summed E-state index contributed by atoms with van der Waals surface area (Å²) in [4.78, 5) is 64.1. The van der Waals surface area contributed by atoms with E-state index < -0.39 is 28.5 Å². The monoisotopic (exact) mass is 580 g/mol. The van der Waals surface area contributed by atoms with Gasteiger partial charge in [0.05, 0.1) is 4.92 Å². The largest absolute Gasteiger partial charge is 0.509 e. The van der Waals surface area contributed by atoms with Crippen molar-refractivity contribution >= 4 is 29.6 Å². The van der Waals surface area contributed by atoms with E-state index in [0.29, 0.717) is 24.8 Å². The maximum atomic E-state index is 13.6. The molecule has 2 amide bonds. The molecule has 1 aromatic heterocycles. The highest BCUT2D eigenvalue weighted by Gasteiger charge is 2.55. The van der Waals surface area contributed by atoms with E-state index in [-0.39, 0.29) is 31.2 Å². The molecule has 2 aliphatic heterocycles. The molecule has 1 aromatic carbocycles. The number of piperazine rings is 1. The van der Waals surface area contributed by atoms with Gasteiger partial charge in [-0.05, 0) is 56.0 Å². The van der Waals surface area contributed by atoms with Crippen LogP contribution in [0.3, 0.4) is 0 Å². The van der Waals surface area contributed by atoms with E-state index in [1.54, 1.807) is 18.5 Å². The molecular formula is C29H36N6O7. The number of imide groups is 1. The van der Waals surface area contributed by atoms with Gasteiger partial charge in [-0.2, -0.15) is 0 Å². The van der Waals surface area contributed by atoms with E-state index in [4.69, 9.17) is 9.47 Å². The zero-order valence-corrected chi connectivity index (χ0v) is 23.6. The van der Waals surface area contributed by atoms with Gasteiger partial charge in [0.2, 0.25) is 11.9 Å². The van der Waals surface area contributed by atoms with Crippen molar-refractivity contribution in [2.75, 3.05) is 44.2 Å². The van der Waals surface area contributed by atoms with Crippen LogP contribution in [0.2, 0.25) is 0 Å². The molecule has 5 rings (SSSR count). The molecular weight excluding hydrogens is 544 g/mol. The molecule has 3 heterocycles. The first kappa shape index (κ1) is 29.4. The number of rotatable bonds is 10. The highest BCUT2D eigenvalue weighted by atomic mass is 16.7. The maximum Gasteiger partial charge on any atom is 0.509 e. The zero-order chi connectivity index (χ0) is 29.5. The van der Waals surface area contributed by atoms with E-state index in [0.717, 1.165) is 57.9 Å². The predicted molar refractivity (Wildman–Crippen MR) is 150 cm³/mol. The lowest BCUT2D eigenvalue weighted by Gasteiger charge is -2.42. The summed E-state index contributed by atoms with van der Waals surface area (Å²) in [6.07, 6.45) is 6.07. The number of carbonyl (C=O) groups excluding carboxylic acids is 3. The number of benzene rings is 1. The number of hydrogen-bond acceptors (Lipinski definition) is 11. The van der Waals surface area contributed by atoms with E-state index in [2.05, 4.69) is 19.8 Å². The molecule has 3 aliphatic rings. The lowest BCUT2D eigenvalue weighted by Crippen LogP contribution is -2.58. The molecule has 13 nitrogen and oxygen atoms in total. The van der Waals surface area contributed by atoms with E-state index in [9.17, 15) is 24.5 Å². The van der Waals surface area contributed by atoms with Gasteiger partial charge in [-0.1, -0.05) is 12.8 Å². The van der Waals surface area contributed by atoms with Gasteiger partial charge in [0.15, 0.2) is 6.10 Å². The molecule has 1 saturated carbocycles. The van der Waals surface area contributed by atoms with Crippen molar-refractivity contribution in [3.8, 4) is 0 Å². The Morgan fingerprint density at radius 3 is 2.33 bits per heavy atom. The number of piperidine rings is 1. The van der Waals surface area contributed by atoms with E-state index in [1.807, 2.05) is 0 Å². The van der Waals surface area contributed by atoms with Gasteiger partial charge in [0.25, 0.3) is 11.6 Å². The number of anilines is 1. The Kier molecular flexibility index (Phi) is 9.25. The lowest BCUT2D eigenvalue weighted by molar-refractivity contribution is -0.384. The molecule has 1 aliphatic carbocycles. The summed E-state index contributed by atoms with van der Waals surface area (Å²) in [5, 5.41) is 10.8. The second-order valence-electron chi connectivity index (χ2n) is 11.2. The van der Waals surface area contributed by atoms with Crippen molar-refractivity contribution in [2.45, 2.75) is 57.7 Å². The minimum atomic E-state index is -1.07. The van der Waals surface area contributed by atoms with Crippen molar-refractivity contribution in [2.24, 2.45) is 5.41 Å². The van der Waals surface area contributed by atoms with Gasteiger partial charge >= 0.3 is 6.16 Å². The number of amides is 2. The minimum absolute atomic E-state index is 0.0669. The van der Waals surface area contributed by atoms with Crippen LogP contribution in [0.5, 0.6) is 0 Å². The smallest absolute Gasteiger partial charge is 0.429 e. The number of nitro benzene ring substituents is 1. The molecule has 2 aromatic rings. The first-order valence-corrected chi connectivity index (χ1v) is 14.5. The Morgan fingerprint density at radius 1 is 1.00 bits per heavy atom. The highest BCUT2D eigenvalue weighted by molar-refractivity contribution is 6.01. The summed E-state index contributed by atoms with van der Waals surface area (Å²) < 4.78 is 10.9. The average Bonchev–Trinajstić information content (AvgIpc) is 3.47. The Hall–Kier alpha value is -4.13. The number of nitro groups is 1. The number of aromatic nitrogens is 2. The third-order valence-corrected chi connectivity index (χ3v) is 8.48. The summed E-state index contributed by atoms with van der Waals surface area (Å²) in [5.41, 5.74) is -0.211. The van der Waals surface area contributed by atoms with Crippen molar-refractivity contribution in [3.63, 3.8) is 0 Å². The molecule has 1 unspecified atom stereocenters. The number of carbonyl (C=O) groups is 3. The van der Waals surface area contributed by atoms with E-state index >= 15 is 0 Å². The molecule has 13 heteroatoms. The van der Waals surface area contributed by atoms with Crippen LogP contribution in [0.4, 0.5) is 16.4 Å². The fraction of sp³-hybridized carbons (Fsp3) is 0.552. The number of unbranched alkanes of at least 4 members (excludes halogenated alkanes) is 1. The van der Waals surface area contributed by atoms with Crippen LogP contribution in [0, 0.1) is 15.5 Å². The highest BCUT2D eigenvalue weighted by Crippen LogP contribution is 2.48. The van der Waals surface area contributed by atoms with Crippen molar-refractivity contribution in [3.05, 3.63) is 58.4 Å². The van der Waals surface area contributed by atoms with Crippen LogP contribution in [-0.2, 0) is 25.7 Å². The van der Waals surface area contributed by atoms with Crippen LogP contribution in [0.15, 0.2) is 42.7 Å². The Bertz CT molecular complexity index is 1260. The minimum Gasteiger partial charge on any atom is -0.429 e. The predicted octanol–water partition coefficient (Wildman–Crippen LogP) is 3.33. The van der Waals surface area contributed by atoms with Gasteiger partial charge < -0.3 is 14.4 Å². The van der Waals surface area contributed by atoms with Gasteiger partial charge in [-0.25, -0.2) is 14.8 Å². The van der Waals surface area contributed by atoms with Gasteiger partial charge in [0.1, 0.15) is 6.61 Å². The zero-order valence-electron chi connectivity index (χ0n) is 23.6. The molecule has 1 atom stereocenters. The summed E-state index contributed by atoms with van der Waals surface area (Å²) in [5.74, 6) is 0.0562. The second-order valence-corrected chi connectivity index (χ2v) is 11.2. The number of non-ortho nitro benzene ring substituents is 1. The normalized spacial score (nSPS) is 20.6. The molecule has 2 saturated heterocycles. The molecule has 1 spiro atoms. The van der Waals surface area contributed by atoms with Crippen LogP contribution in [0.25, 0.3) is 0 Å². The number of ether oxygens (including phenoxy) is 2. The summed E-state index contributed by atoms with van der Waals surface area (Å²) in [6, 6.07) is 7.44. The molecule has 0 bridgehead atoms. The van der Waals surface area contributed by atoms with Crippen LogP contribution < -0.4 is 4.90 Å². The van der Waals surface area contributed by atoms with Crippen LogP contribution in [0.1, 0.15) is 50.5 Å². The van der Waals surface area contributed by atoms with Crippen LogP contribution in [-0.4, -0.2) is 88.0 Å². The first-order chi connectivity index (χ1) is 20.3. The number of nitrogens with zero attached hydrogens (tertiary/aromatic N) is 6. The molecule has 0 N–H and O–H groups in total. The number of likely N-dealkylation sites (tertiary alicyclic amines) is 1. The first-order valence-electron chi connectivity index (χ1n) is 14.5. The second kappa shape index (κ2) is 13.2. The molecule has 3 fully saturated rings. The van der Waals surface area contributed by atoms with Crippen LogP contribution >= 0.6 is 0 Å². The van der Waals surface area contributed by atoms with Crippen molar-refractivity contribution in [1.82, 2.24) is 19.8 Å². The summed E-state index contributed by atoms with van der Waals surface area (Å²) in [7, 11) is 0. The topological polar surface area (TPSA) is 148 Å². The Labute approximate surface area is 243 Å². The lowest BCUT2D eigenvalue weighted by atomic mass is 9.73. The van der Waals surface area contributed by atoms with Gasteiger partial charge in [0, 0.05) is 69.1 Å². The third-order valence-electron chi connectivity index (χ3n) is 8.48. The van der Waals surface area contributed by atoms with Gasteiger partial charge in [-0.3, -0.25) is 29.5 Å². The van der Waals surface area contributed by atoms with E-state index in [1.165, 1.54) is 29.2 Å². The van der Waals surface area contributed by atoms with Crippen molar-refractivity contribution in [1.29, 1.82) is 0 Å². The molecule has 224 valence electrons. The fourth-order valence-corrected chi connectivity index (χ4v) is 6.16. The fourth-order valence-electron chi connectivity index (χ4n) is 6.16. The Morgan fingerprint density at radius 2 is 1.67 bits per heavy atom. The number of hydrogen-bond donors (Lipinski definition) is 0. The van der Waals surface area contributed by atoms with Gasteiger partial charge in [-0.15, -0.1) is 0 Å².